The van der Waals surface area contributed by atoms with E-state index < -0.39 is 30.0 Å². The number of rotatable bonds is 1. The fourth-order valence-electron chi connectivity index (χ4n) is 0.755. The molecule has 0 aliphatic rings. The Morgan fingerprint density at radius 3 is 2.17 bits per heavy atom. The van der Waals surface area contributed by atoms with Gasteiger partial charge < -0.3 is 0 Å². The van der Waals surface area contributed by atoms with E-state index in [4.69, 9.17) is 18.4 Å². The fraction of sp³-hybridized carbons (Fsp3) is 0. The summed E-state index contributed by atoms with van der Waals surface area (Å²) in [6.07, 6.45) is 0. The second kappa shape index (κ2) is 2.86. The van der Waals surface area contributed by atoms with Crippen molar-refractivity contribution in [2.24, 2.45) is 0 Å². The van der Waals surface area contributed by atoms with Crippen LogP contribution in [0.25, 0.3) is 0 Å². The van der Waals surface area contributed by atoms with Crippen LogP contribution in [0.4, 0.5) is 0 Å². The van der Waals surface area contributed by atoms with Gasteiger partial charge >= 0.3 is 70.4 Å². The van der Waals surface area contributed by atoms with Crippen LogP contribution in [0.15, 0.2) is 18.2 Å². The Kier molecular flexibility index (Phi) is 2.19. The van der Waals surface area contributed by atoms with Crippen molar-refractivity contribution >= 4 is 18.5 Å². The van der Waals surface area contributed by atoms with Crippen LogP contribution in [-0.4, -0.2) is 32.6 Å². The van der Waals surface area contributed by atoms with E-state index in [9.17, 15) is 3.74 Å². The molecule has 1 rings (SSSR count). The molecule has 0 bridgehead atoms. The molecule has 66 valence electrons. The number of phenolic OH excluding ortho intramolecular Hbond substituents is 2. The minimum atomic E-state index is -5.10. The molecule has 0 saturated heterocycles. The monoisotopic (exact) mass is 234 g/mol. The van der Waals surface area contributed by atoms with Crippen LogP contribution in [0, 0.1) is 0 Å². The number of para-hydroxylation sites is 1. The molecule has 1 aromatic carbocycles. The molecule has 0 radical (unpaired) electrons. The molecule has 5 nitrogen and oxygen atoms in total. The van der Waals surface area contributed by atoms with Gasteiger partial charge in [0.15, 0.2) is 0 Å². The Bertz CT molecular complexity index is 342. The van der Waals surface area contributed by atoms with E-state index in [1.165, 1.54) is 6.07 Å². The van der Waals surface area contributed by atoms with Crippen LogP contribution in [0.2, 0.25) is 0 Å². The molecular formula is C6H7AsO5. The quantitative estimate of drug-likeness (QED) is 0.356. The van der Waals surface area contributed by atoms with Gasteiger partial charge in [0.2, 0.25) is 0 Å². The second-order valence-corrected chi connectivity index (χ2v) is 5.48. The van der Waals surface area contributed by atoms with Crippen molar-refractivity contribution in [3.63, 3.8) is 0 Å². The first-order valence-corrected chi connectivity index (χ1v) is 6.38. The van der Waals surface area contributed by atoms with Gasteiger partial charge in [-0.1, -0.05) is 0 Å². The summed E-state index contributed by atoms with van der Waals surface area (Å²) in [5.74, 6) is -1.28. The first-order chi connectivity index (χ1) is 5.43. The summed E-state index contributed by atoms with van der Waals surface area (Å²) >= 11 is -5.10. The molecule has 0 heterocycles. The number of benzene rings is 1. The second-order valence-electron chi connectivity index (χ2n) is 2.19. The van der Waals surface area contributed by atoms with Crippen molar-refractivity contribution in [1.29, 1.82) is 0 Å². The third-order valence-electron chi connectivity index (χ3n) is 1.31. The van der Waals surface area contributed by atoms with E-state index in [1.54, 1.807) is 0 Å². The summed E-state index contributed by atoms with van der Waals surface area (Å²) < 4.78 is 27.6. The van der Waals surface area contributed by atoms with Crippen molar-refractivity contribution in [3.05, 3.63) is 18.2 Å². The van der Waals surface area contributed by atoms with E-state index in [0.29, 0.717) is 0 Å². The van der Waals surface area contributed by atoms with E-state index >= 15 is 0 Å². The van der Waals surface area contributed by atoms with Gasteiger partial charge in [-0.15, -0.1) is 0 Å². The summed E-state index contributed by atoms with van der Waals surface area (Å²) in [6, 6.07) is 3.48. The van der Waals surface area contributed by atoms with Crippen LogP contribution in [0.3, 0.4) is 0 Å². The van der Waals surface area contributed by atoms with Crippen molar-refractivity contribution in [2.75, 3.05) is 0 Å². The van der Waals surface area contributed by atoms with Crippen molar-refractivity contribution in [3.8, 4) is 11.5 Å². The van der Waals surface area contributed by atoms with E-state index in [-0.39, 0.29) is 0 Å². The van der Waals surface area contributed by atoms with Gasteiger partial charge in [0.25, 0.3) is 0 Å². The number of hydrogen-bond donors (Lipinski definition) is 4. The van der Waals surface area contributed by atoms with Crippen molar-refractivity contribution in [2.45, 2.75) is 0 Å². The molecule has 0 amide bonds. The summed E-state index contributed by atoms with van der Waals surface area (Å²) in [4.78, 5) is 0. The molecule has 0 saturated carbocycles. The molecule has 0 aromatic heterocycles. The molecule has 0 spiro atoms. The Labute approximate surface area is 70.9 Å². The summed E-state index contributed by atoms with van der Waals surface area (Å²) in [6.45, 7) is 0. The Hall–Kier alpha value is -0.902. The molecule has 0 atom stereocenters. The summed E-state index contributed by atoms with van der Waals surface area (Å²) in [7, 11) is 0. The SMILES string of the molecule is O=[As](O)(O)c1cccc(O)c1O. The van der Waals surface area contributed by atoms with Gasteiger partial charge in [-0.2, -0.15) is 0 Å². The third kappa shape index (κ3) is 1.64. The van der Waals surface area contributed by atoms with Crippen LogP contribution < -0.4 is 4.35 Å². The van der Waals surface area contributed by atoms with E-state index in [2.05, 4.69) is 0 Å². The van der Waals surface area contributed by atoms with E-state index in [0.717, 1.165) is 12.1 Å². The molecule has 0 aliphatic carbocycles. The zero-order valence-electron chi connectivity index (χ0n) is 5.88. The van der Waals surface area contributed by atoms with Crippen molar-refractivity contribution in [1.82, 2.24) is 0 Å². The first-order valence-electron chi connectivity index (χ1n) is 3.00. The van der Waals surface area contributed by atoms with Gasteiger partial charge in [0, 0.05) is 0 Å². The molecule has 1 aromatic rings. The van der Waals surface area contributed by atoms with Gasteiger partial charge in [-0.25, -0.2) is 0 Å². The first kappa shape index (κ1) is 9.19. The number of hydrogen-bond acceptors (Lipinski definition) is 3. The van der Waals surface area contributed by atoms with Gasteiger partial charge in [0.1, 0.15) is 0 Å². The fourth-order valence-corrected chi connectivity index (χ4v) is 2.16. The average Bonchev–Trinajstić information content (AvgIpc) is 1.92. The van der Waals surface area contributed by atoms with Gasteiger partial charge in [-0.3, -0.25) is 0 Å². The van der Waals surface area contributed by atoms with Crippen LogP contribution in [-0.2, 0) is 3.74 Å². The van der Waals surface area contributed by atoms with E-state index in [1.807, 2.05) is 0 Å². The maximum atomic E-state index is 10.7. The van der Waals surface area contributed by atoms with Gasteiger partial charge in [0.05, 0.1) is 0 Å². The third-order valence-corrected chi connectivity index (χ3v) is 3.38. The number of aromatic hydroxyl groups is 2. The topological polar surface area (TPSA) is 98.0 Å². The molecule has 0 aliphatic heterocycles. The van der Waals surface area contributed by atoms with Crippen LogP contribution in [0.1, 0.15) is 0 Å². The molecular weight excluding hydrogens is 227 g/mol. The maximum absolute atomic E-state index is 10.7. The zero-order chi connectivity index (χ0) is 9.35. The molecule has 0 unspecified atom stereocenters. The normalized spacial score (nSPS) is 11.5. The Balaban J connectivity index is 3.36. The predicted octanol–water partition coefficient (Wildman–Crippen LogP) is -1.34. The molecule has 6 heteroatoms. The standard InChI is InChI=1S/C6H7AsO5/c8-5-3-1-2-4(6(5)9)7(10,11)12/h1-3,8-9H,(H2,10,11,12). The Morgan fingerprint density at radius 2 is 1.75 bits per heavy atom. The molecule has 4 N–H and O–H groups in total. The summed E-state index contributed by atoms with van der Waals surface area (Å²) in [5.41, 5.74) is 0. The van der Waals surface area contributed by atoms with Crippen LogP contribution >= 0.6 is 0 Å². The van der Waals surface area contributed by atoms with Crippen LogP contribution in [0.5, 0.6) is 11.5 Å². The number of phenols is 2. The average molecular weight is 234 g/mol. The predicted molar refractivity (Wildman–Crippen MR) is 40.3 cm³/mol. The summed E-state index contributed by atoms with van der Waals surface area (Å²) in [5, 5.41) is 17.9. The molecule has 12 heavy (non-hydrogen) atoms. The van der Waals surface area contributed by atoms with Crippen molar-refractivity contribution < 1.29 is 22.1 Å². The molecule has 0 fully saturated rings. The minimum absolute atomic E-state index is 0.506. The Morgan fingerprint density at radius 1 is 1.17 bits per heavy atom. The zero-order valence-corrected chi connectivity index (χ0v) is 7.75. The van der Waals surface area contributed by atoms with Gasteiger partial charge in [-0.05, 0) is 0 Å².